The summed E-state index contributed by atoms with van der Waals surface area (Å²) in [5.41, 5.74) is 0. The van der Waals surface area contributed by atoms with Crippen LogP contribution in [0, 0.1) is 6.92 Å². The molecule has 0 atom stereocenters. The van der Waals surface area contributed by atoms with Crippen LogP contribution < -0.4 is 4.72 Å². The molecule has 0 unspecified atom stereocenters. The van der Waals surface area contributed by atoms with E-state index < -0.39 is 10.0 Å². The number of nitrogens with one attached hydrogen (secondary N) is 1. The Hall–Kier alpha value is -0.650. The van der Waals surface area contributed by atoms with Gasteiger partial charge in [0.2, 0.25) is 10.0 Å². The van der Waals surface area contributed by atoms with E-state index in [1.807, 2.05) is 32.1 Å². The van der Waals surface area contributed by atoms with E-state index in [1.54, 1.807) is 6.07 Å². The lowest BCUT2D eigenvalue weighted by Gasteiger charge is -2.01. The van der Waals surface area contributed by atoms with Crippen molar-refractivity contribution in [3.8, 4) is 0 Å². The van der Waals surface area contributed by atoms with Crippen LogP contribution in [0.25, 0.3) is 0 Å². The highest BCUT2D eigenvalue weighted by Crippen LogP contribution is 2.19. The van der Waals surface area contributed by atoms with Crippen LogP contribution in [0.2, 0.25) is 0 Å². The van der Waals surface area contributed by atoms with Crippen LogP contribution in [0.15, 0.2) is 28.5 Å². The Balaban J connectivity index is 2.60. The van der Waals surface area contributed by atoms with E-state index in [-0.39, 0.29) is 0 Å². The van der Waals surface area contributed by atoms with E-state index >= 15 is 0 Å². The van der Waals surface area contributed by atoms with Gasteiger partial charge < -0.3 is 0 Å². The molecule has 5 heteroatoms. The largest absolute Gasteiger partial charge is 0.250 e. The molecule has 15 heavy (non-hydrogen) atoms. The first-order valence-corrected chi connectivity index (χ1v) is 7.03. The van der Waals surface area contributed by atoms with Crippen LogP contribution in [0.4, 0.5) is 0 Å². The first kappa shape index (κ1) is 12.4. The van der Waals surface area contributed by atoms with Crippen LogP contribution in [0.1, 0.15) is 18.2 Å². The van der Waals surface area contributed by atoms with Gasteiger partial charge in [0.25, 0.3) is 0 Å². The third-order valence-corrected chi connectivity index (χ3v) is 4.77. The summed E-state index contributed by atoms with van der Waals surface area (Å²) >= 11 is 1.29. The normalized spacial score (nSPS) is 12.4. The summed E-state index contributed by atoms with van der Waals surface area (Å²) < 4.78 is 26.3. The van der Waals surface area contributed by atoms with Gasteiger partial charge in [-0.2, -0.15) is 0 Å². The Bertz CT molecular complexity index is 432. The molecule has 0 bridgehead atoms. The standard InChI is InChI=1S/C10H15NO2S2/c1-3-4-5-8-11-15(12,13)10-7-6-9(2)14-10/h3-4,6-7,11H,5,8H2,1-2H3/b4-3+. The number of allylic oxidation sites excluding steroid dienone is 1. The Labute approximate surface area is 94.9 Å². The van der Waals surface area contributed by atoms with Gasteiger partial charge >= 0.3 is 0 Å². The smallest absolute Gasteiger partial charge is 0.210 e. The SMILES string of the molecule is C/C=C/CCNS(=O)(=O)c1ccc(C)s1. The van der Waals surface area contributed by atoms with Crippen molar-refractivity contribution in [3.63, 3.8) is 0 Å². The first-order valence-electron chi connectivity index (χ1n) is 4.73. The van der Waals surface area contributed by atoms with Crippen LogP contribution in [0.5, 0.6) is 0 Å². The predicted molar refractivity (Wildman–Crippen MR) is 63.7 cm³/mol. The highest BCUT2D eigenvalue weighted by Gasteiger charge is 2.14. The number of thiophene rings is 1. The second-order valence-electron chi connectivity index (χ2n) is 3.12. The van der Waals surface area contributed by atoms with Crippen molar-refractivity contribution in [1.82, 2.24) is 4.72 Å². The van der Waals surface area contributed by atoms with E-state index in [4.69, 9.17) is 0 Å². The number of hydrogen-bond donors (Lipinski definition) is 1. The van der Waals surface area contributed by atoms with Crippen molar-refractivity contribution in [2.24, 2.45) is 0 Å². The summed E-state index contributed by atoms with van der Waals surface area (Å²) in [5, 5.41) is 0. The van der Waals surface area contributed by atoms with Crippen LogP contribution in [-0.2, 0) is 10.0 Å². The minimum absolute atomic E-state index is 0.389. The molecule has 1 N–H and O–H groups in total. The second kappa shape index (κ2) is 5.44. The molecule has 1 heterocycles. The predicted octanol–water partition coefficient (Wildman–Crippen LogP) is 2.30. The Kier molecular flexibility index (Phi) is 4.50. The Morgan fingerprint density at radius 3 is 2.73 bits per heavy atom. The fourth-order valence-corrected chi connectivity index (χ4v) is 3.45. The van der Waals surface area contributed by atoms with Gasteiger partial charge in [0.1, 0.15) is 4.21 Å². The number of sulfonamides is 1. The molecule has 1 aromatic rings. The van der Waals surface area contributed by atoms with Gasteiger partial charge in [-0.15, -0.1) is 11.3 Å². The highest BCUT2D eigenvalue weighted by molar-refractivity contribution is 7.91. The topological polar surface area (TPSA) is 46.2 Å². The second-order valence-corrected chi connectivity index (χ2v) is 6.40. The summed E-state index contributed by atoms with van der Waals surface area (Å²) in [6, 6.07) is 3.45. The maximum atomic E-state index is 11.7. The molecular weight excluding hydrogens is 230 g/mol. The Morgan fingerprint density at radius 2 is 2.20 bits per heavy atom. The summed E-state index contributed by atoms with van der Waals surface area (Å²) in [6.45, 7) is 4.25. The molecule has 0 saturated heterocycles. The lowest BCUT2D eigenvalue weighted by atomic mass is 10.4. The molecule has 0 aliphatic carbocycles. The molecule has 0 aliphatic heterocycles. The van der Waals surface area contributed by atoms with Crippen LogP contribution in [-0.4, -0.2) is 15.0 Å². The van der Waals surface area contributed by atoms with Gasteiger partial charge in [-0.25, -0.2) is 13.1 Å². The molecule has 0 aliphatic rings. The van der Waals surface area contributed by atoms with Crippen LogP contribution in [0.3, 0.4) is 0 Å². The zero-order chi connectivity index (χ0) is 11.3. The van der Waals surface area contributed by atoms with Gasteiger partial charge in [-0.3, -0.25) is 0 Å². The van der Waals surface area contributed by atoms with Gasteiger partial charge in [0.05, 0.1) is 0 Å². The van der Waals surface area contributed by atoms with Crippen LogP contribution >= 0.6 is 11.3 Å². The van der Waals surface area contributed by atoms with E-state index in [2.05, 4.69) is 4.72 Å². The molecule has 0 fully saturated rings. The van der Waals surface area contributed by atoms with Crippen molar-refractivity contribution in [2.75, 3.05) is 6.54 Å². The van der Waals surface area contributed by atoms with E-state index in [1.165, 1.54) is 11.3 Å². The molecule has 0 spiro atoms. The summed E-state index contributed by atoms with van der Waals surface area (Å²) in [7, 11) is -3.29. The molecule has 3 nitrogen and oxygen atoms in total. The Morgan fingerprint density at radius 1 is 1.47 bits per heavy atom. The third kappa shape index (κ3) is 3.77. The molecule has 1 aromatic heterocycles. The maximum Gasteiger partial charge on any atom is 0.250 e. The zero-order valence-corrected chi connectivity index (χ0v) is 10.5. The molecule has 0 aromatic carbocycles. The van der Waals surface area contributed by atoms with Crippen molar-refractivity contribution in [1.29, 1.82) is 0 Å². The number of hydrogen-bond acceptors (Lipinski definition) is 3. The quantitative estimate of drug-likeness (QED) is 0.639. The molecule has 1 rings (SSSR count). The monoisotopic (exact) mass is 245 g/mol. The minimum Gasteiger partial charge on any atom is -0.210 e. The molecule has 0 radical (unpaired) electrons. The summed E-state index contributed by atoms with van der Waals surface area (Å²) in [5.74, 6) is 0. The highest BCUT2D eigenvalue weighted by atomic mass is 32.2. The molecular formula is C10H15NO2S2. The number of rotatable bonds is 5. The summed E-state index contributed by atoms with van der Waals surface area (Å²) in [6.07, 6.45) is 4.56. The fourth-order valence-electron chi connectivity index (χ4n) is 1.07. The van der Waals surface area contributed by atoms with E-state index in [0.29, 0.717) is 10.8 Å². The maximum absolute atomic E-state index is 11.7. The van der Waals surface area contributed by atoms with Gasteiger partial charge in [-0.05, 0) is 32.4 Å². The van der Waals surface area contributed by atoms with Crippen molar-refractivity contribution in [3.05, 3.63) is 29.2 Å². The van der Waals surface area contributed by atoms with Gasteiger partial charge in [-0.1, -0.05) is 12.2 Å². The van der Waals surface area contributed by atoms with E-state index in [9.17, 15) is 8.42 Å². The molecule has 0 saturated carbocycles. The number of aryl methyl sites for hydroxylation is 1. The molecule has 0 amide bonds. The lowest BCUT2D eigenvalue weighted by molar-refractivity contribution is 0.584. The van der Waals surface area contributed by atoms with Gasteiger partial charge in [0, 0.05) is 11.4 Å². The zero-order valence-electron chi connectivity index (χ0n) is 8.86. The third-order valence-electron chi connectivity index (χ3n) is 1.82. The van der Waals surface area contributed by atoms with Gasteiger partial charge in [0.15, 0.2) is 0 Å². The fraction of sp³-hybridized carbons (Fsp3) is 0.400. The molecule has 84 valence electrons. The average Bonchev–Trinajstić information content (AvgIpc) is 2.60. The van der Waals surface area contributed by atoms with Crippen molar-refractivity contribution < 1.29 is 8.42 Å². The average molecular weight is 245 g/mol. The van der Waals surface area contributed by atoms with Crippen molar-refractivity contribution >= 4 is 21.4 Å². The first-order chi connectivity index (χ1) is 7.06. The van der Waals surface area contributed by atoms with Crippen molar-refractivity contribution in [2.45, 2.75) is 24.5 Å². The minimum atomic E-state index is -3.29. The lowest BCUT2D eigenvalue weighted by Crippen LogP contribution is -2.23. The van der Waals surface area contributed by atoms with E-state index in [0.717, 1.165) is 11.3 Å². The summed E-state index contributed by atoms with van der Waals surface area (Å²) in [4.78, 5) is 1.00.